The molecule has 4 heteroatoms. The van der Waals surface area contributed by atoms with Crippen LogP contribution >= 0.6 is 0 Å². The van der Waals surface area contributed by atoms with Gasteiger partial charge in [0.25, 0.3) is 0 Å². The quantitative estimate of drug-likeness (QED) is 0.817. The Hall–Kier alpha value is -1.81. The first-order chi connectivity index (χ1) is 10.8. The fourth-order valence-electron chi connectivity index (χ4n) is 3.36. The van der Waals surface area contributed by atoms with Crippen molar-refractivity contribution in [1.29, 1.82) is 0 Å². The number of carbonyl (C=O) groups is 1. The molecular weight excluding hydrogens is 290 g/mol. The first kappa shape index (κ1) is 17.5. The number of aryl methyl sites for hydroxylation is 1. The van der Waals surface area contributed by atoms with Gasteiger partial charge >= 0.3 is 5.97 Å². The van der Waals surface area contributed by atoms with Gasteiger partial charge in [0.05, 0.1) is 17.2 Å². The van der Waals surface area contributed by atoms with Crippen molar-refractivity contribution in [2.75, 3.05) is 0 Å². The van der Waals surface area contributed by atoms with Gasteiger partial charge in [-0.2, -0.15) is 0 Å². The molecule has 0 aliphatic carbocycles. The summed E-state index contributed by atoms with van der Waals surface area (Å²) < 4.78 is 2.25. The molecule has 2 aromatic rings. The van der Waals surface area contributed by atoms with Crippen LogP contribution in [0.1, 0.15) is 79.7 Å². The molecule has 1 aromatic carbocycles. The minimum absolute atomic E-state index is 0.216. The molecule has 1 aromatic heterocycles. The lowest BCUT2D eigenvalue weighted by Crippen LogP contribution is -2.05. The van der Waals surface area contributed by atoms with Crippen LogP contribution in [-0.2, 0) is 6.54 Å². The van der Waals surface area contributed by atoms with E-state index in [1.807, 2.05) is 6.92 Å². The Balaban J connectivity index is 2.89. The summed E-state index contributed by atoms with van der Waals surface area (Å²) in [7, 11) is 0. The van der Waals surface area contributed by atoms with Crippen molar-refractivity contribution in [3.63, 3.8) is 0 Å². The van der Waals surface area contributed by atoms with Crippen LogP contribution in [0.2, 0.25) is 0 Å². The van der Waals surface area contributed by atoms with Crippen LogP contribution in [0.3, 0.4) is 0 Å². The average Bonchev–Trinajstić information content (AvgIpc) is 2.75. The number of fused-ring (bicyclic) bond motifs is 1. The van der Waals surface area contributed by atoms with E-state index in [2.05, 4.69) is 25.3 Å². The Morgan fingerprint density at radius 1 is 1.26 bits per heavy atom. The fourth-order valence-corrected chi connectivity index (χ4v) is 3.36. The van der Waals surface area contributed by atoms with Gasteiger partial charge in [-0.25, -0.2) is 4.79 Å². The number of carboxylic acid groups (broad SMARTS) is 1. The maximum Gasteiger partial charge on any atom is 0.335 e. The number of hydrogen-bond donors (Lipinski definition) is 2. The number of rotatable bonds is 6. The Kier molecular flexibility index (Phi) is 5.15. The molecule has 0 saturated heterocycles. The molecule has 1 atom stereocenters. The van der Waals surface area contributed by atoms with Gasteiger partial charge in [0, 0.05) is 23.2 Å². The number of aromatic nitrogens is 1. The maximum atomic E-state index is 11.5. The van der Waals surface area contributed by atoms with Crippen molar-refractivity contribution in [3.8, 4) is 0 Å². The number of carboxylic acids is 1. The summed E-state index contributed by atoms with van der Waals surface area (Å²) in [5, 5.41) is 20.5. The summed E-state index contributed by atoms with van der Waals surface area (Å²) in [5.41, 5.74) is 4.28. The molecule has 23 heavy (non-hydrogen) atoms. The number of hydrogen-bond acceptors (Lipinski definition) is 2. The molecule has 0 fully saturated rings. The molecule has 0 radical (unpaired) electrons. The highest BCUT2D eigenvalue weighted by Crippen LogP contribution is 2.36. The fraction of sp³-hybridized carbons (Fsp3) is 0.526. The Labute approximate surface area is 137 Å². The van der Waals surface area contributed by atoms with Gasteiger partial charge in [0.2, 0.25) is 0 Å². The van der Waals surface area contributed by atoms with E-state index in [4.69, 9.17) is 0 Å². The van der Waals surface area contributed by atoms with Crippen molar-refractivity contribution in [3.05, 3.63) is 34.5 Å². The SMILES string of the molecule is CCCCn1c(C)c(C(C)O)c2cc(C(=O)O)cc(C(C)C)c21. The predicted molar refractivity (Wildman–Crippen MR) is 93.3 cm³/mol. The molecule has 0 spiro atoms. The second-order valence-electron chi connectivity index (χ2n) is 6.60. The van der Waals surface area contributed by atoms with Crippen LogP contribution in [-0.4, -0.2) is 20.7 Å². The zero-order valence-corrected chi connectivity index (χ0v) is 14.7. The maximum absolute atomic E-state index is 11.5. The third kappa shape index (κ3) is 3.13. The molecule has 0 aliphatic rings. The van der Waals surface area contributed by atoms with E-state index in [9.17, 15) is 15.0 Å². The lowest BCUT2D eigenvalue weighted by Gasteiger charge is -2.14. The highest BCUT2D eigenvalue weighted by atomic mass is 16.4. The Morgan fingerprint density at radius 3 is 2.39 bits per heavy atom. The van der Waals surface area contributed by atoms with Gasteiger partial charge in [-0.1, -0.05) is 27.2 Å². The van der Waals surface area contributed by atoms with E-state index in [0.29, 0.717) is 0 Å². The van der Waals surface area contributed by atoms with E-state index in [-0.39, 0.29) is 11.5 Å². The van der Waals surface area contributed by atoms with E-state index in [1.54, 1.807) is 19.1 Å². The number of aliphatic hydroxyl groups excluding tert-OH is 1. The molecule has 0 amide bonds. The molecule has 2 rings (SSSR count). The third-order valence-electron chi connectivity index (χ3n) is 4.52. The summed E-state index contributed by atoms with van der Waals surface area (Å²) >= 11 is 0. The Bertz CT molecular complexity index is 726. The standard InChI is InChI=1S/C19H27NO3/c1-6-7-8-20-12(4)17(13(5)21)16-10-14(19(22)23)9-15(11(2)3)18(16)20/h9-11,13,21H,6-8H2,1-5H3,(H,22,23). The van der Waals surface area contributed by atoms with Crippen LogP contribution in [0.25, 0.3) is 10.9 Å². The van der Waals surface area contributed by atoms with Crippen LogP contribution < -0.4 is 0 Å². The highest BCUT2D eigenvalue weighted by Gasteiger charge is 2.22. The summed E-state index contributed by atoms with van der Waals surface area (Å²) in [4.78, 5) is 11.5. The predicted octanol–water partition coefficient (Wildman–Crippen LogP) is 4.62. The molecule has 4 nitrogen and oxygen atoms in total. The summed E-state index contributed by atoms with van der Waals surface area (Å²) in [6.45, 7) is 11.0. The molecule has 2 N–H and O–H groups in total. The topological polar surface area (TPSA) is 62.5 Å². The zero-order valence-electron chi connectivity index (χ0n) is 14.7. The molecule has 126 valence electrons. The van der Waals surface area contributed by atoms with Gasteiger partial charge in [-0.3, -0.25) is 0 Å². The van der Waals surface area contributed by atoms with Gasteiger partial charge in [0.15, 0.2) is 0 Å². The van der Waals surface area contributed by atoms with E-state index < -0.39 is 12.1 Å². The van der Waals surface area contributed by atoms with Crippen LogP contribution in [0, 0.1) is 6.92 Å². The number of aromatic carboxylic acids is 1. The van der Waals surface area contributed by atoms with Crippen LogP contribution in [0.15, 0.2) is 12.1 Å². The third-order valence-corrected chi connectivity index (χ3v) is 4.52. The smallest absolute Gasteiger partial charge is 0.335 e. The number of aliphatic hydroxyl groups is 1. The second kappa shape index (κ2) is 6.75. The van der Waals surface area contributed by atoms with E-state index in [1.165, 1.54) is 0 Å². The van der Waals surface area contributed by atoms with Crippen molar-refractivity contribution in [2.45, 2.75) is 66.0 Å². The zero-order chi connectivity index (χ0) is 17.3. The first-order valence-electron chi connectivity index (χ1n) is 8.37. The summed E-state index contributed by atoms with van der Waals surface area (Å²) in [6, 6.07) is 3.49. The van der Waals surface area contributed by atoms with E-state index >= 15 is 0 Å². The minimum atomic E-state index is -0.927. The van der Waals surface area contributed by atoms with Crippen molar-refractivity contribution >= 4 is 16.9 Å². The number of benzene rings is 1. The minimum Gasteiger partial charge on any atom is -0.478 e. The normalized spacial score (nSPS) is 13.0. The lowest BCUT2D eigenvalue weighted by atomic mass is 9.95. The van der Waals surface area contributed by atoms with Crippen molar-refractivity contribution in [1.82, 2.24) is 4.57 Å². The van der Waals surface area contributed by atoms with Crippen LogP contribution in [0.4, 0.5) is 0 Å². The molecule has 0 bridgehead atoms. The van der Waals surface area contributed by atoms with Crippen molar-refractivity contribution in [2.24, 2.45) is 0 Å². The average molecular weight is 317 g/mol. The Morgan fingerprint density at radius 2 is 1.91 bits per heavy atom. The monoisotopic (exact) mass is 317 g/mol. The largest absolute Gasteiger partial charge is 0.478 e. The number of nitrogens with zero attached hydrogens (tertiary/aromatic N) is 1. The van der Waals surface area contributed by atoms with Gasteiger partial charge in [-0.05, 0) is 43.9 Å². The van der Waals surface area contributed by atoms with Gasteiger partial charge in [0.1, 0.15) is 0 Å². The molecule has 0 aliphatic heterocycles. The molecule has 1 unspecified atom stereocenters. The van der Waals surface area contributed by atoms with Gasteiger partial charge in [-0.15, -0.1) is 0 Å². The molecule has 0 saturated carbocycles. The molecule has 1 heterocycles. The lowest BCUT2D eigenvalue weighted by molar-refractivity contribution is 0.0697. The summed E-state index contributed by atoms with van der Waals surface area (Å²) in [5.74, 6) is -0.711. The number of unbranched alkanes of at least 4 members (excludes halogenated alkanes) is 1. The summed E-state index contributed by atoms with van der Waals surface area (Å²) in [6.07, 6.45) is 1.53. The van der Waals surface area contributed by atoms with Crippen LogP contribution in [0.5, 0.6) is 0 Å². The highest BCUT2D eigenvalue weighted by molar-refractivity contribution is 5.97. The molecular formula is C19H27NO3. The van der Waals surface area contributed by atoms with E-state index in [0.717, 1.165) is 47.1 Å². The van der Waals surface area contributed by atoms with Crippen molar-refractivity contribution < 1.29 is 15.0 Å². The van der Waals surface area contributed by atoms with Gasteiger partial charge < -0.3 is 14.8 Å². The second-order valence-corrected chi connectivity index (χ2v) is 6.60. The first-order valence-corrected chi connectivity index (χ1v) is 8.37.